The zero-order chi connectivity index (χ0) is 98.7. The second-order valence-electron chi connectivity index (χ2n) is 34.8. The first kappa shape index (κ1) is 97.8. The van der Waals surface area contributed by atoms with Crippen LogP contribution in [0.5, 0.6) is 0 Å². The molecule has 0 aliphatic rings. The number of fused-ring (bicyclic) bond motifs is 6. The predicted octanol–water partition coefficient (Wildman–Crippen LogP) is 32.0. The molecule has 714 valence electrons. The maximum Gasteiger partial charge on any atom is 4.00 e. The van der Waals surface area contributed by atoms with E-state index in [2.05, 4.69) is 385 Å². The van der Waals surface area contributed by atoms with E-state index in [1.165, 1.54) is 77.6 Å². The molecule has 0 aliphatic heterocycles. The van der Waals surface area contributed by atoms with E-state index < -0.39 is 0 Å². The van der Waals surface area contributed by atoms with Gasteiger partial charge in [0.05, 0.1) is 41.7 Å². The summed E-state index contributed by atoms with van der Waals surface area (Å²) in [4.78, 5) is 8.66. The average molecular weight is 2280 g/mol. The average Bonchev–Trinajstić information content (AvgIpc) is 1.59. The minimum atomic E-state index is 0. The Hall–Kier alpha value is -18.6. The van der Waals surface area contributed by atoms with E-state index >= 15 is 0 Å². The van der Waals surface area contributed by atoms with Gasteiger partial charge >= 0.3 is 42.1 Å². The van der Waals surface area contributed by atoms with Crippen LogP contribution in [0.3, 0.4) is 0 Å². The number of hydrogen-bond donors (Lipinski definition) is 0. The van der Waals surface area contributed by atoms with Crippen molar-refractivity contribution in [2.24, 2.45) is 7.05 Å². The molecule has 0 saturated carbocycles. The third-order valence-electron chi connectivity index (χ3n) is 25.4. The fourth-order valence-corrected chi connectivity index (χ4v) is 17.8. The number of furan rings is 1. The van der Waals surface area contributed by atoms with Crippen LogP contribution < -0.4 is 10.2 Å². The van der Waals surface area contributed by atoms with Crippen molar-refractivity contribution in [2.45, 2.75) is 0 Å². The first-order valence-electron chi connectivity index (χ1n) is 48.3. The SMILES string of the molecule is Cn1ccnc1-c1[c-]ccc(-c2ccc3c4ccccc4n(-c4ccccc4)c3c2)c1.[Pt+4].[Pt+4].[c-]1ccc(-c2ccc3c(c2)oc2ccccc23)cc1-c1ncco1.[c-]1ccccc1-c1cc(-c2ccc(-c3ccccc3)cc2)n[n-]1.[c-]1ccccc1-c1cc(-c2ccc(-c3ccccc3)cc2)n[n-]1.[c-]1ccccc1-n1cc(-c2ccc(-c3ccccc3)cc2)cn1.[c-]1ccccc1-n1cc(-c2ccc(-c3ccccc3)cc2)cn1. The molecule has 27 aromatic rings. The van der Waals surface area contributed by atoms with Crippen LogP contribution in [0.15, 0.2) is 538 Å². The molecule has 0 bridgehead atoms. The normalized spacial score (nSPS) is 10.7. The summed E-state index contributed by atoms with van der Waals surface area (Å²) in [5.74, 6) is 1.49. The second-order valence-corrected chi connectivity index (χ2v) is 34.8. The zero-order valence-electron chi connectivity index (χ0n) is 80.5. The molecule has 0 atom stereocenters. The maximum atomic E-state index is 5.98. The van der Waals surface area contributed by atoms with E-state index in [9.17, 15) is 0 Å². The minimum Gasteiger partial charge on any atom is -0.618 e. The Morgan fingerprint density at radius 3 is 1.10 bits per heavy atom. The topological polar surface area (TPSA) is 152 Å². The van der Waals surface area contributed by atoms with Gasteiger partial charge in [-0.2, -0.15) is 69.9 Å². The van der Waals surface area contributed by atoms with Crippen LogP contribution in [0.4, 0.5) is 0 Å². The summed E-state index contributed by atoms with van der Waals surface area (Å²) in [5.41, 5.74) is 35.4. The van der Waals surface area contributed by atoms with Crippen LogP contribution in [0, 0.1) is 36.4 Å². The fraction of sp³-hybridized carbons (Fsp3) is 0.00752. The number of para-hydroxylation sites is 5. The van der Waals surface area contributed by atoms with Gasteiger partial charge in [0.1, 0.15) is 17.1 Å². The summed E-state index contributed by atoms with van der Waals surface area (Å²) < 4.78 is 19.4. The molecular formula is C133H90N12O2Pt2. The number of imidazole rings is 1. The predicted molar refractivity (Wildman–Crippen MR) is 593 cm³/mol. The van der Waals surface area contributed by atoms with Crippen LogP contribution in [0.25, 0.3) is 218 Å². The third kappa shape index (κ3) is 23.0. The molecule has 0 N–H and O–H groups in total. The van der Waals surface area contributed by atoms with E-state index in [0.717, 1.165) is 134 Å². The molecule has 0 fully saturated rings. The van der Waals surface area contributed by atoms with Gasteiger partial charge in [-0.3, -0.25) is 19.3 Å². The van der Waals surface area contributed by atoms with Crippen molar-refractivity contribution in [2.75, 3.05) is 0 Å². The molecule has 14 nitrogen and oxygen atoms in total. The van der Waals surface area contributed by atoms with E-state index in [1.807, 2.05) is 234 Å². The minimum absolute atomic E-state index is 0. The molecule has 0 amide bonds. The Balaban J connectivity index is 0.000000108. The van der Waals surface area contributed by atoms with Crippen molar-refractivity contribution in [3.8, 4) is 174 Å². The Morgan fingerprint density at radius 1 is 0.268 bits per heavy atom. The zero-order valence-corrected chi connectivity index (χ0v) is 85.1. The molecule has 0 spiro atoms. The number of aryl methyl sites for hydroxylation is 1. The maximum absolute atomic E-state index is 5.98. The molecule has 0 radical (unpaired) electrons. The van der Waals surface area contributed by atoms with Crippen LogP contribution in [-0.4, -0.2) is 48.9 Å². The molecule has 27 rings (SSSR count). The number of oxazole rings is 1. The van der Waals surface area contributed by atoms with E-state index in [-0.39, 0.29) is 42.1 Å². The third-order valence-corrected chi connectivity index (χ3v) is 25.4. The van der Waals surface area contributed by atoms with Crippen LogP contribution in [0.1, 0.15) is 0 Å². The van der Waals surface area contributed by atoms with E-state index in [4.69, 9.17) is 8.83 Å². The van der Waals surface area contributed by atoms with Crippen molar-refractivity contribution >= 4 is 43.7 Å². The fourth-order valence-electron chi connectivity index (χ4n) is 17.8. The molecule has 8 aromatic heterocycles. The first-order valence-corrected chi connectivity index (χ1v) is 48.3. The summed E-state index contributed by atoms with van der Waals surface area (Å²) in [6.07, 6.45) is 14.8. The molecule has 149 heavy (non-hydrogen) atoms. The van der Waals surface area contributed by atoms with Crippen LogP contribution in [0.2, 0.25) is 0 Å². The van der Waals surface area contributed by atoms with Crippen molar-refractivity contribution in [1.29, 1.82) is 0 Å². The standard InChI is InChI=1S/C28H20N3.2C21H15N2.2C21H14N2.C21H12NO2.2Pt/c1-30-17-16-29-28(30)22-9-7-8-20(18-22)21-14-15-25-24-12-5-6-13-26(24)31(27(25)19-21)23-10-3-2-4-11-23;2*1-3-7-17(8-4-1)18-11-13-19(14-12-18)20-15-22-23(16-20)21-9-5-2-6-10-21;2*1-3-7-16(8-4-1)17-11-13-19(14-12-17)21-15-20(22-23-21)18-9-5-2-6-10-18;1-2-7-19-17(6-1)18-9-8-15(13-20(18)24-19)14-4-3-5-16(12-14)21-22-10-11-23-21;;/h2-8,10-19H,1H3;2*1-9,11-16H;2*1-9,11-15H;1-4,6-13H;;/q3*-1;2*-2;-1;2*+4. The van der Waals surface area contributed by atoms with Gasteiger partial charge in [-0.15, -0.1) is 138 Å². The molecule has 0 aliphatic carbocycles. The molecule has 8 heterocycles. The number of aromatic nitrogens is 12. The van der Waals surface area contributed by atoms with Crippen LogP contribution in [-0.2, 0) is 49.2 Å². The monoisotopic (exact) mass is 2280 g/mol. The van der Waals surface area contributed by atoms with Gasteiger partial charge < -0.3 is 38.4 Å². The van der Waals surface area contributed by atoms with Crippen molar-refractivity contribution in [3.63, 3.8) is 0 Å². The molecule has 0 unspecified atom stereocenters. The number of hydrogen-bond acceptors (Lipinski definition) is 8. The number of nitrogens with zero attached hydrogens (tertiary/aromatic N) is 12. The Bertz CT molecular complexity index is 8350. The van der Waals surface area contributed by atoms with Gasteiger partial charge in [0.15, 0.2) is 0 Å². The number of benzene rings is 19. The first-order chi connectivity index (χ1) is 72.8. The quantitative estimate of drug-likeness (QED) is 0.0806. The van der Waals surface area contributed by atoms with E-state index in [1.54, 1.807) is 12.5 Å². The van der Waals surface area contributed by atoms with Gasteiger partial charge in [0.2, 0.25) is 0 Å². The van der Waals surface area contributed by atoms with Gasteiger partial charge in [-0.25, -0.2) is 11.4 Å². The molecule has 19 aromatic carbocycles. The second kappa shape index (κ2) is 46.9. The van der Waals surface area contributed by atoms with Gasteiger partial charge in [-0.1, -0.05) is 309 Å². The molecule has 0 saturated heterocycles. The summed E-state index contributed by atoms with van der Waals surface area (Å²) in [6, 6.07) is 182. The largest absolute Gasteiger partial charge is 4.00 e. The number of rotatable bonds is 17. The summed E-state index contributed by atoms with van der Waals surface area (Å²) in [7, 11) is 2.01. The summed E-state index contributed by atoms with van der Waals surface area (Å²) >= 11 is 0. The Morgan fingerprint density at radius 2 is 0.644 bits per heavy atom. The van der Waals surface area contributed by atoms with Crippen molar-refractivity contribution in [3.05, 3.63) is 565 Å². The summed E-state index contributed by atoms with van der Waals surface area (Å²) in [5, 5.41) is 30.8. The molecular weight excluding hydrogens is 2190 g/mol. The van der Waals surface area contributed by atoms with Crippen molar-refractivity contribution < 1.29 is 51.0 Å². The summed E-state index contributed by atoms with van der Waals surface area (Å²) in [6.45, 7) is 0. The van der Waals surface area contributed by atoms with Gasteiger partial charge in [0.25, 0.3) is 0 Å². The molecule has 16 heteroatoms. The van der Waals surface area contributed by atoms with Crippen molar-refractivity contribution in [1.82, 2.24) is 59.1 Å². The smallest absolute Gasteiger partial charge is 0.618 e. The van der Waals surface area contributed by atoms with E-state index in [0.29, 0.717) is 5.89 Å². The van der Waals surface area contributed by atoms with Gasteiger partial charge in [-0.05, 0) is 132 Å². The van der Waals surface area contributed by atoms with Crippen LogP contribution >= 0.6 is 0 Å². The Labute approximate surface area is 892 Å². The Kier molecular flexibility index (Phi) is 30.8. The van der Waals surface area contributed by atoms with Gasteiger partial charge in [0, 0.05) is 81.6 Å².